The topological polar surface area (TPSA) is 94.9 Å². The maximum Gasteiger partial charge on any atom is 0.326 e. The van der Waals surface area contributed by atoms with Crippen LogP contribution in [0.1, 0.15) is 71.6 Å². The van der Waals surface area contributed by atoms with Gasteiger partial charge in [-0.15, -0.1) is 0 Å². The zero-order valence-electron chi connectivity index (χ0n) is 13.7. The molecule has 22 heavy (non-hydrogen) atoms. The van der Waals surface area contributed by atoms with Gasteiger partial charge in [0.2, 0.25) is 5.91 Å². The van der Waals surface area contributed by atoms with E-state index in [9.17, 15) is 14.4 Å². The van der Waals surface area contributed by atoms with Crippen molar-refractivity contribution in [1.29, 1.82) is 0 Å². The lowest BCUT2D eigenvalue weighted by molar-refractivity contribution is -0.148. The Morgan fingerprint density at radius 2 is 1.32 bits per heavy atom. The Bertz CT molecular complexity index is 356. The van der Waals surface area contributed by atoms with E-state index >= 15 is 0 Å². The van der Waals surface area contributed by atoms with Crippen LogP contribution in [0.2, 0.25) is 0 Å². The summed E-state index contributed by atoms with van der Waals surface area (Å²) in [4.78, 5) is 34.1. The number of carboxylic acids is 2. The summed E-state index contributed by atoms with van der Waals surface area (Å²) in [7, 11) is 0. The Labute approximate surface area is 132 Å². The first-order chi connectivity index (χ1) is 10.4. The van der Waals surface area contributed by atoms with Gasteiger partial charge in [0.15, 0.2) is 0 Å². The van der Waals surface area contributed by atoms with E-state index in [2.05, 4.69) is 0 Å². The molecule has 1 amide bonds. The van der Waals surface area contributed by atoms with Crippen molar-refractivity contribution < 1.29 is 24.6 Å². The molecule has 0 radical (unpaired) electrons. The molecule has 0 saturated heterocycles. The highest BCUT2D eigenvalue weighted by atomic mass is 16.4. The second-order valence-corrected chi connectivity index (χ2v) is 5.70. The molecule has 0 fully saturated rings. The summed E-state index contributed by atoms with van der Waals surface area (Å²) in [5.74, 6) is -1.91. The molecule has 0 heterocycles. The van der Waals surface area contributed by atoms with Gasteiger partial charge in [-0.3, -0.25) is 9.59 Å². The summed E-state index contributed by atoms with van der Waals surface area (Å²) in [6.07, 6.45) is 8.07. The Morgan fingerprint density at radius 3 is 1.73 bits per heavy atom. The number of amides is 1. The SMILES string of the molecule is CC(=O)N(CCCCCCCCCCC(=O)O)C(C)C(=O)O. The van der Waals surface area contributed by atoms with Crippen molar-refractivity contribution in [2.24, 2.45) is 0 Å². The van der Waals surface area contributed by atoms with E-state index in [0.29, 0.717) is 6.54 Å². The molecule has 0 aliphatic carbocycles. The Hall–Kier alpha value is -1.59. The molecule has 0 aromatic carbocycles. The maximum absolute atomic E-state index is 11.4. The number of carboxylic acid groups (broad SMARTS) is 2. The highest BCUT2D eigenvalue weighted by molar-refractivity contribution is 5.81. The van der Waals surface area contributed by atoms with Crippen LogP contribution in [0.4, 0.5) is 0 Å². The van der Waals surface area contributed by atoms with Crippen LogP contribution in [-0.4, -0.2) is 45.5 Å². The summed E-state index contributed by atoms with van der Waals surface area (Å²) >= 11 is 0. The third-order valence-corrected chi connectivity index (χ3v) is 3.77. The normalized spacial score (nSPS) is 11.9. The van der Waals surface area contributed by atoms with Gasteiger partial charge in [0, 0.05) is 19.9 Å². The van der Waals surface area contributed by atoms with E-state index in [1.54, 1.807) is 0 Å². The van der Waals surface area contributed by atoms with Crippen LogP contribution in [0, 0.1) is 0 Å². The molecule has 0 aromatic rings. The highest BCUT2D eigenvalue weighted by Gasteiger charge is 2.21. The number of nitrogens with zero attached hydrogens (tertiary/aromatic N) is 1. The van der Waals surface area contributed by atoms with Crippen LogP contribution in [0.15, 0.2) is 0 Å². The summed E-state index contributed by atoms with van der Waals surface area (Å²) in [5, 5.41) is 17.5. The summed E-state index contributed by atoms with van der Waals surface area (Å²) < 4.78 is 0. The van der Waals surface area contributed by atoms with Gasteiger partial charge in [-0.05, 0) is 19.8 Å². The van der Waals surface area contributed by atoms with Gasteiger partial charge in [0.25, 0.3) is 0 Å². The molecule has 6 nitrogen and oxygen atoms in total. The van der Waals surface area contributed by atoms with Crippen LogP contribution >= 0.6 is 0 Å². The molecule has 0 aliphatic heterocycles. The standard InChI is InChI=1S/C16H29NO5/c1-13(16(21)22)17(14(2)18)12-10-8-6-4-3-5-7-9-11-15(19)20/h13H,3-12H2,1-2H3,(H,19,20)(H,21,22). The van der Waals surface area contributed by atoms with Crippen molar-refractivity contribution >= 4 is 17.8 Å². The molecule has 0 bridgehead atoms. The lowest BCUT2D eigenvalue weighted by Gasteiger charge is -2.25. The second-order valence-electron chi connectivity index (χ2n) is 5.70. The first kappa shape index (κ1) is 20.4. The summed E-state index contributed by atoms with van der Waals surface area (Å²) in [5.41, 5.74) is 0. The number of carbonyl (C=O) groups excluding carboxylic acids is 1. The highest BCUT2D eigenvalue weighted by Crippen LogP contribution is 2.11. The van der Waals surface area contributed by atoms with Gasteiger partial charge in [-0.25, -0.2) is 4.79 Å². The van der Waals surface area contributed by atoms with Crippen LogP contribution in [0.3, 0.4) is 0 Å². The van der Waals surface area contributed by atoms with Gasteiger partial charge in [0.1, 0.15) is 6.04 Å². The molecule has 0 aliphatic rings. The molecule has 0 rings (SSSR count). The van der Waals surface area contributed by atoms with Crippen LogP contribution in [0.25, 0.3) is 0 Å². The summed E-state index contributed by atoms with van der Waals surface area (Å²) in [6.45, 7) is 3.42. The molecule has 0 saturated carbocycles. The van der Waals surface area contributed by atoms with Crippen LogP contribution < -0.4 is 0 Å². The molecule has 1 unspecified atom stereocenters. The fraction of sp³-hybridized carbons (Fsp3) is 0.812. The average Bonchev–Trinajstić information content (AvgIpc) is 2.43. The van der Waals surface area contributed by atoms with Crippen LogP contribution in [0.5, 0.6) is 0 Å². The van der Waals surface area contributed by atoms with Crippen molar-refractivity contribution in [3.63, 3.8) is 0 Å². The fourth-order valence-corrected chi connectivity index (χ4v) is 2.38. The number of hydrogen-bond acceptors (Lipinski definition) is 3. The Kier molecular flexibility index (Phi) is 11.1. The molecule has 0 spiro atoms. The predicted octanol–water partition coefficient (Wildman–Crippen LogP) is 2.90. The minimum atomic E-state index is -0.975. The van der Waals surface area contributed by atoms with E-state index in [0.717, 1.165) is 51.4 Å². The predicted molar refractivity (Wildman–Crippen MR) is 83.7 cm³/mol. The Balaban J connectivity index is 3.60. The van der Waals surface area contributed by atoms with Gasteiger partial charge < -0.3 is 15.1 Å². The number of unbranched alkanes of at least 4 members (excludes halogenated alkanes) is 7. The van der Waals surface area contributed by atoms with E-state index < -0.39 is 18.0 Å². The molecular formula is C16H29NO5. The number of carbonyl (C=O) groups is 3. The quantitative estimate of drug-likeness (QED) is 0.510. The van der Waals surface area contributed by atoms with Gasteiger partial charge in [-0.2, -0.15) is 0 Å². The molecule has 128 valence electrons. The number of hydrogen-bond donors (Lipinski definition) is 2. The van der Waals surface area contributed by atoms with Crippen molar-refractivity contribution in [3.05, 3.63) is 0 Å². The third-order valence-electron chi connectivity index (χ3n) is 3.77. The molecular weight excluding hydrogens is 286 g/mol. The molecule has 2 N–H and O–H groups in total. The van der Waals surface area contributed by atoms with Crippen molar-refractivity contribution in [2.45, 2.75) is 77.7 Å². The smallest absolute Gasteiger partial charge is 0.326 e. The van der Waals surface area contributed by atoms with Gasteiger partial charge in [-0.1, -0.05) is 38.5 Å². The minimum Gasteiger partial charge on any atom is -0.481 e. The number of aliphatic carboxylic acids is 2. The second kappa shape index (κ2) is 12.0. The van der Waals surface area contributed by atoms with E-state index in [1.165, 1.54) is 18.7 Å². The zero-order valence-corrected chi connectivity index (χ0v) is 13.7. The monoisotopic (exact) mass is 315 g/mol. The van der Waals surface area contributed by atoms with Crippen LogP contribution in [-0.2, 0) is 14.4 Å². The first-order valence-corrected chi connectivity index (χ1v) is 8.08. The van der Waals surface area contributed by atoms with Gasteiger partial charge in [0.05, 0.1) is 0 Å². The average molecular weight is 315 g/mol. The van der Waals surface area contributed by atoms with E-state index in [-0.39, 0.29) is 12.3 Å². The lowest BCUT2D eigenvalue weighted by Crippen LogP contribution is -2.42. The molecule has 1 atom stereocenters. The molecule has 0 aromatic heterocycles. The van der Waals surface area contributed by atoms with Crippen molar-refractivity contribution in [1.82, 2.24) is 4.90 Å². The van der Waals surface area contributed by atoms with E-state index in [1.807, 2.05) is 0 Å². The first-order valence-electron chi connectivity index (χ1n) is 8.08. The zero-order chi connectivity index (χ0) is 17.0. The largest absolute Gasteiger partial charge is 0.481 e. The van der Waals surface area contributed by atoms with Crippen molar-refractivity contribution in [3.8, 4) is 0 Å². The fourth-order valence-electron chi connectivity index (χ4n) is 2.38. The maximum atomic E-state index is 11.4. The lowest BCUT2D eigenvalue weighted by atomic mass is 10.1. The number of rotatable bonds is 13. The van der Waals surface area contributed by atoms with Crippen molar-refractivity contribution in [2.75, 3.05) is 6.54 Å². The van der Waals surface area contributed by atoms with Gasteiger partial charge >= 0.3 is 11.9 Å². The minimum absolute atomic E-state index is 0.201. The van der Waals surface area contributed by atoms with E-state index in [4.69, 9.17) is 10.2 Å². The summed E-state index contributed by atoms with van der Waals surface area (Å²) in [6, 6.07) is -0.772. The Morgan fingerprint density at radius 1 is 0.864 bits per heavy atom. The molecule has 6 heteroatoms. The third kappa shape index (κ3) is 10.2.